The number of nitrogens with zero attached hydrogens (tertiary/aromatic N) is 1. The zero-order valence-electron chi connectivity index (χ0n) is 16.6. The van der Waals surface area contributed by atoms with Crippen molar-refractivity contribution in [3.63, 3.8) is 0 Å². The van der Waals surface area contributed by atoms with Gasteiger partial charge in [-0.2, -0.15) is 0 Å². The number of imidazole rings is 1. The van der Waals surface area contributed by atoms with E-state index in [1.165, 1.54) is 22.5 Å². The quantitative estimate of drug-likeness (QED) is 0.425. The number of nitrogens with one attached hydrogen (secondary N) is 3. The number of hydrogen-bond donors (Lipinski definition) is 3. The molecule has 0 saturated heterocycles. The number of sulfonamides is 1. The Labute approximate surface area is 187 Å². The van der Waals surface area contributed by atoms with Crippen molar-refractivity contribution >= 4 is 49.9 Å². The van der Waals surface area contributed by atoms with E-state index >= 15 is 0 Å². The summed E-state index contributed by atoms with van der Waals surface area (Å²) in [6.07, 6.45) is 0.608. The predicted octanol–water partition coefficient (Wildman–Crippen LogP) is 3.51. The molecular formula is C22H17ClN4O4S. The molecule has 0 unspecified atom stereocenters. The highest BCUT2D eigenvalue weighted by Crippen LogP contribution is 2.35. The molecule has 0 atom stereocenters. The van der Waals surface area contributed by atoms with Gasteiger partial charge in [0.05, 0.1) is 21.7 Å². The van der Waals surface area contributed by atoms with E-state index in [0.717, 1.165) is 5.56 Å². The van der Waals surface area contributed by atoms with Crippen molar-refractivity contribution in [2.24, 2.45) is 0 Å². The number of benzene rings is 3. The van der Waals surface area contributed by atoms with Crippen LogP contribution in [0.2, 0.25) is 5.02 Å². The van der Waals surface area contributed by atoms with Gasteiger partial charge in [0.1, 0.15) is 4.90 Å². The number of carbonyl (C=O) groups excluding carboxylic acids is 1. The van der Waals surface area contributed by atoms with Crippen LogP contribution >= 0.6 is 11.6 Å². The Morgan fingerprint density at radius 1 is 1.00 bits per heavy atom. The van der Waals surface area contributed by atoms with Crippen LogP contribution in [0, 0.1) is 0 Å². The molecule has 0 saturated carbocycles. The highest BCUT2D eigenvalue weighted by atomic mass is 35.5. The third kappa shape index (κ3) is 3.45. The van der Waals surface area contributed by atoms with Gasteiger partial charge in [-0.25, -0.2) is 13.2 Å². The van der Waals surface area contributed by atoms with E-state index < -0.39 is 15.9 Å². The minimum absolute atomic E-state index is 0.0391. The molecule has 32 heavy (non-hydrogen) atoms. The molecule has 1 aromatic heterocycles. The Morgan fingerprint density at radius 3 is 2.62 bits per heavy atom. The van der Waals surface area contributed by atoms with Gasteiger partial charge >= 0.3 is 5.69 Å². The predicted molar refractivity (Wildman–Crippen MR) is 123 cm³/mol. The largest absolute Gasteiger partial charge is 0.323 e. The lowest BCUT2D eigenvalue weighted by molar-refractivity contribution is 0.102. The van der Waals surface area contributed by atoms with Crippen LogP contribution in [0.1, 0.15) is 15.9 Å². The number of H-pyrrole nitrogens is 2. The summed E-state index contributed by atoms with van der Waals surface area (Å²) >= 11 is 6.24. The summed E-state index contributed by atoms with van der Waals surface area (Å²) in [6.45, 7) is 0.309. The van der Waals surface area contributed by atoms with Crippen LogP contribution in [-0.2, 0) is 16.4 Å². The minimum Gasteiger partial charge on any atom is -0.322 e. The van der Waals surface area contributed by atoms with Gasteiger partial charge in [-0.1, -0.05) is 29.8 Å². The Morgan fingerprint density at radius 2 is 1.78 bits per heavy atom. The first kappa shape index (κ1) is 20.3. The molecule has 3 N–H and O–H groups in total. The fourth-order valence-corrected chi connectivity index (χ4v) is 5.84. The first-order valence-corrected chi connectivity index (χ1v) is 11.6. The monoisotopic (exact) mass is 468 g/mol. The third-order valence-corrected chi connectivity index (χ3v) is 7.67. The highest BCUT2D eigenvalue weighted by Gasteiger charge is 2.32. The zero-order valence-corrected chi connectivity index (χ0v) is 18.1. The number of hydrogen-bond acceptors (Lipinski definition) is 4. The van der Waals surface area contributed by atoms with Gasteiger partial charge in [-0.05, 0) is 54.4 Å². The average molecular weight is 469 g/mol. The summed E-state index contributed by atoms with van der Waals surface area (Å²) < 4.78 is 28.1. The van der Waals surface area contributed by atoms with Crippen LogP contribution in [0.5, 0.6) is 0 Å². The second-order valence-electron chi connectivity index (χ2n) is 7.39. The maximum absolute atomic E-state index is 13.4. The average Bonchev–Trinajstić information content (AvgIpc) is 3.36. The molecule has 0 aliphatic carbocycles. The van der Waals surface area contributed by atoms with Gasteiger partial charge in [0.2, 0.25) is 0 Å². The second kappa shape index (κ2) is 7.54. The Hall–Kier alpha value is -3.56. The van der Waals surface area contributed by atoms with E-state index in [2.05, 4.69) is 15.3 Å². The lowest BCUT2D eigenvalue weighted by atomic mass is 10.2. The normalized spacial score (nSPS) is 13.3. The summed E-state index contributed by atoms with van der Waals surface area (Å²) in [6, 6.07) is 16.4. The van der Waals surface area contributed by atoms with Crippen molar-refractivity contribution in [1.82, 2.24) is 9.97 Å². The molecule has 0 fully saturated rings. The first-order chi connectivity index (χ1) is 15.3. The number of aromatic nitrogens is 2. The fourth-order valence-electron chi connectivity index (χ4n) is 3.83. The van der Waals surface area contributed by atoms with Crippen molar-refractivity contribution in [3.8, 4) is 0 Å². The number of anilines is 2. The molecule has 8 nitrogen and oxygen atoms in total. The van der Waals surface area contributed by atoms with Gasteiger partial charge in [0.15, 0.2) is 0 Å². The summed E-state index contributed by atoms with van der Waals surface area (Å²) in [7, 11) is -3.96. The van der Waals surface area contributed by atoms with E-state index in [9.17, 15) is 18.0 Å². The van der Waals surface area contributed by atoms with Crippen LogP contribution in [0.25, 0.3) is 11.0 Å². The number of rotatable bonds is 4. The number of fused-ring (bicyclic) bond motifs is 2. The SMILES string of the molecule is O=C(Nc1ccc2[nH]c(=O)[nH]c2c1)c1ccc(Cl)c(S(=O)(=O)N2CCc3ccccc32)c1. The zero-order chi connectivity index (χ0) is 22.5. The second-order valence-corrected chi connectivity index (χ2v) is 9.63. The summed E-state index contributed by atoms with van der Waals surface area (Å²) in [5.41, 5.74) is 2.96. The molecule has 162 valence electrons. The van der Waals surface area contributed by atoms with Crippen LogP contribution in [0.3, 0.4) is 0 Å². The van der Waals surface area contributed by atoms with Crippen LogP contribution in [0.15, 0.2) is 70.4 Å². The maximum Gasteiger partial charge on any atom is 0.323 e. The molecule has 10 heteroatoms. The van der Waals surface area contributed by atoms with Gasteiger partial charge in [0, 0.05) is 17.8 Å². The lowest BCUT2D eigenvalue weighted by Gasteiger charge is -2.20. The van der Waals surface area contributed by atoms with E-state index in [1.807, 2.05) is 12.1 Å². The highest BCUT2D eigenvalue weighted by molar-refractivity contribution is 7.93. The van der Waals surface area contributed by atoms with Gasteiger partial charge in [-0.15, -0.1) is 0 Å². The summed E-state index contributed by atoms with van der Waals surface area (Å²) in [4.78, 5) is 29.4. The lowest BCUT2D eigenvalue weighted by Crippen LogP contribution is -2.29. The molecule has 0 spiro atoms. The van der Waals surface area contributed by atoms with Crippen molar-refractivity contribution in [2.75, 3.05) is 16.2 Å². The van der Waals surface area contributed by atoms with Crippen LogP contribution < -0.4 is 15.3 Å². The number of amides is 1. The molecule has 0 radical (unpaired) electrons. The number of para-hydroxylation sites is 1. The molecule has 0 bridgehead atoms. The number of carbonyl (C=O) groups is 1. The van der Waals surface area contributed by atoms with Crippen LogP contribution in [-0.4, -0.2) is 30.8 Å². The summed E-state index contributed by atoms with van der Waals surface area (Å²) in [5, 5.41) is 2.76. The molecule has 1 aliphatic heterocycles. The van der Waals surface area contributed by atoms with Gasteiger partial charge < -0.3 is 15.3 Å². The Balaban J connectivity index is 1.46. The molecule has 2 heterocycles. The van der Waals surface area contributed by atoms with E-state index in [1.54, 1.807) is 30.3 Å². The van der Waals surface area contributed by atoms with Crippen molar-refractivity contribution in [1.29, 1.82) is 0 Å². The van der Waals surface area contributed by atoms with Crippen LogP contribution in [0.4, 0.5) is 11.4 Å². The van der Waals surface area contributed by atoms with E-state index in [4.69, 9.17) is 11.6 Å². The maximum atomic E-state index is 13.4. The number of halogens is 1. The van der Waals surface area contributed by atoms with Crippen molar-refractivity contribution in [3.05, 3.63) is 87.3 Å². The molecule has 1 aliphatic rings. The molecule has 5 rings (SSSR count). The standard InChI is InChI=1S/C22H17ClN4O4S/c23-16-7-5-14(21(28)24-15-6-8-17-18(12-15)26-22(29)25-17)11-20(16)32(30,31)27-10-9-13-3-1-2-4-19(13)27/h1-8,11-12H,9-10H2,(H,24,28)(H2,25,26,29). The molecule has 4 aromatic rings. The molecule has 1 amide bonds. The van der Waals surface area contributed by atoms with Crippen molar-refractivity contribution < 1.29 is 13.2 Å². The Bertz CT molecular complexity index is 1540. The van der Waals surface area contributed by atoms with Gasteiger partial charge in [0.25, 0.3) is 15.9 Å². The third-order valence-electron chi connectivity index (χ3n) is 5.38. The fraction of sp³-hybridized carbons (Fsp3) is 0.0909. The topological polar surface area (TPSA) is 115 Å². The number of aromatic amines is 2. The molecule has 3 aromatic carbocycles. The minimum atomic E-state index is -3.96. The first-order valence-electron chi connectivity index (χ1n) is 9.76. The van der Waals surface area contributed by atoms with Gasteiger partial charge in [-0.3, -0.25) is 9.10 Å². The van der Waals surface area contributed by atoms with E-state index in [0.29, 0.717) is 35.4 Å². The smallest absolute Gasteiger partial charge is 0.322 e. The van der Waals surface area contributed by atoms with E-state index in [-0.39, 0.29) is 21.2 Å². The summed E-state index contributed by atoms with van der Waals surface area (Å²) in [5.74, 6) is -0.503. The molecular weight excluding hydrogens is 452 g/mol. The van der Waals surface area contributed by atoms with Crippen molar-refractivity contribution in [2.45, 2.75) is 11.3 Å². The Kier molecular flexibility index (Phi) is 4.79.